The van der Waals surface area contributed by atoms with Gasteiger partial charge in [0.05, 0.1) is 13.3 Å². The average molecular weight is 379 g/mol. The van der Waals surface area contributed by atoms with Gasteiger partial charge in [-0.25, -0.2) is 9.78 Å². The number of hydrogen-bond donors (Lipinski definition) is 1. The van der Waals surface area contributed by atoms with E-state index in [1.807, 2.05) is 4.90 Å². The Kier molecular flexibility index (Phi) is 5.84. The second kappa shape index (κ2) is 8.47. The average Bonchev–Trinajstić information content (AvgIpc) is 2.68. The van der Waals surface area contributed by atoms with Gasteiger partial charge in [-0.1, -0.05) is 0 Å². The van der Waals surface area contributed by atoms with Crippen molar-refractivity contribution in [3.63, 3.8) is 0 Å². The monoisotopic (exact) mass is 379 g/mol. The first kappa shape index (κ1) is 18.6. The van der Waals surface area contributed by atoms with Gasteiger partial charge in [-0.15, -0.1) is 0 Å². The molecule has 0 radical (unpaired) electrons. The Morgan fingerprint density at radius 2 is 1.96 bits per heavy atom. The van der Waals surface area contributed by atoms with Crippen LogP contribution in [-0.2, 0) is 0 Å². The SMILES string of the molecule is COc1ccc(NC(=O)N2CCN(c3cnccn3)CC2)cc1OC(F)F. The van der Waals surface area contributed by atoms with Gasteiger partial charge in [-0.3, -0.25) is 4.98 Å². The van der Waals surface area contributed by atoms with Crippen molar-refractivity contribution in [2.75, 3.05) is 43.5 Å². The first-order valence-corrected chi connectivity index (χ1v) is 8.26. The molecule has 1 aromatic carbocycles. The van der Waals surface area contributed by atoms with Crippen LogP contribution in [0.5, 0.6) is 11.5 Å². The Labute approximate surface area is 154 Å². The minimum absolute atomic E-state index is 0.141. The maximum Gasteiger partial charge on any atom is 0.387 e. The normalized spacial score (nSPS) is 14.2. The van der Waals surface area contributed by atoms with Gasteiger partial charge in [-0.05, 0) is 12.1 Å². The molecule has 1 aromatic heterocycles. The van der Waals surface area contributed by atoms with E-state index in [4.69, 9.17) is 4.74 Å². The summed E-state index contributed by atoms with van der Waals surface area (Å²) in [5.41, 5.74) is 0.341. The Balaban J connectivity index is 1.59. The molecular weight excluding hydrogens is 360 g/mol. The molecule has 1 aliphatic heterocycles. The summed E-state index contributed by atoms with van der Waals surface area (Å²) in [5, 5.41) is 2.69. The van der Waals surface area contributed by atoms with E-state index in [0.29, 0.717) is 31.9 Å². The van der Waals surface area contributed by atoms with Crippen molar-refractivity contribution in [3.8, 4) is 11.5 Å². The minimum Gasteiger partial charge on any atom is -0.493 e. The smallest absolute Gasteiger partial charge is 0.387 e. The lowest BCUT2D eigenvalue weighted by Gasteiger charge is -2.35. The van der Waals surface area contributed by atoms with Crippen molar-refractivity contribution in [3.05, 3.63) is 36.8 Å². The molecule has 0 saturated carbocycles. The van der Waals surface area contributed by atoms with E-state index >= 15 is 0 Å². The highest BCUT2D eigenvalue weighted by molar-refractivity contribution is 5.90. The maximum atomic E-state index is 12.5. The molecule has 10 heteroatoms. The molecule has 0 atom stereocenters. The third-order valence-electron chi connectivity index (χ3n) is 4.07. The fourth-order valence-electron chi connectivity index (χ4n) is 2.74. The van der Waals surface area contributed by atoms with E-state index in [9.17, 15) is 13.6 Å². The predicted molar refractivity (Wildman–Crippen MR) is 94.5 cm³/mol. The number of carbonyl (C=O) groups is 1. The Morgan fingerprint density at radius 1 is 1.19 bits per heavy atom. The van der Waals surface area contributed by atoms with E-state index in [0.717, 1.165) is 5.82 Å². The quantitative estimate of drug-likeness (QED) is 0.860. The molecule has 3 rings (SSSR count). The molecule has 0 bridgehead atoms. The highest BCUT2D eigenvalue weighted by Crippen LogP contribution is 2.31. The Hall–Kier alpha value is -3.17. The lowest BCUT2D eigenvalue weighted by molar-refractivity contribution is -0.0511. The van der Waals surface area contributed by atoms with Gasteiger partial charge < -0.3 is 24.6 Å². The Morgan fingerprint density at radius 3 is 2.59 bits per heavy atom. The second-order valence-corrected chi connectivity index (χ2v) is 5.71. The maximum absolute atomic E-state index is 12.5. The van der Waals surface area contributed by atoms with Crippen LogP contribution in [0.4, 0.5) is 25.1 Å². The molecule has 1 N–H and O–H groups in total. The third-order valence-corrected chi connectivity index (χ3v) is 4.07. The lowest BCUT2D eigenvalue weighted by atomic mass is 10.2. The van der Waals surface area contributed by atoms with Crippen LogP contribution in [0.15, 0.2) is 36.8 Å². The van der Waals surface area contributed by atoms with E-state index in [-0.39, 0.29) is 17.5 Å². The van der Waals surface area contributed by atoms with Crippen LogP contribution in [0.3, 0.4) is 0 Å². The molecular formula is C17H19F2N5O3. The van der Waals surface area contributed by atoms with Gasteiger partial charge >= 0.3 is 12.6 Å². The summed E-state index contributed by atoms with van der Waals surface area (Å²) in [6.45, 7) is -0.750. The van der Waals surface area contributed by atoms with Crippen molar-refractivity contribution >= 4 is 17.5 Å². The third kappa shape index (κ3) is 4.72. The molecule has 8 nitrogen and oxygen atoms in total. The van der Waals surface area contributed by atoms with Crippen LogP contribution in [0.2, 0.25) is 0 Å². The molecule has 0 aliphatic carbocycles. The number of rotatable bonds is 5. The van der Waals surface area contributed by atoms with Crippen molar-refractivity contribution in [1.29, 1.82) is 0 Å². The standard InChI is InChI=1S/C17H19F2N5O3/c1-26-13-3-2-12(10-14(13)27-16(18)19)22-17(25)24-8-6-23(7-9-24)15-11-20-4-5-21-15/h2-5,10-11,16H,6-9H2,1H3,(H,22,25). The minimum atomic E-state index is -2.99. The summed E-state index contributed by atoms with van der Waals surface area (Å²) in [7, 11) is 1.35. The van der Waals surface area contributed by atoms with Crippen LogP contribution in [0, 0.1) is 0 Å². The van der Waals surface area contributed by atoms with Gasteiger partial charge in [-0.2, -0.15) is 8.78 Å². The number of carbonyl (C=O) groups excluding carboxylic acids is 1. The first-order valence-electron chi connectivity index (χ1n) is 8.26. The van der Waals surface area contributed by atoms with E-state index < -0.39 is 6.61 Å². The summed E-state index contributed by atoms with van der Waals surface area (Å²) in [5.74, 6) is 0.783. The van der Waals surface area contributed by atoms with Crippen LogP contribution in [0.1, 0.15) is 0 Å². The number of benzene rings is 1. The number of halogens is 2. The summed E-state index contributed by atoms with van der Waals surface area (Å²) in [6.07, 6.45) is 4.91. The van der Waals surface area contributed by atoms with Gasteiger partial charge in [0, 0.05) is 50.3 Å². The molecule has 2 aromatic rings. The number of aromatic nitrogens is 2. The van der Waals surface area contributed by atoms with Gasteiger partial charge in [0.15, 0.2) is 11.5 Å². The van der Waals surface area contributed by atoms with Crippen molar-refractivity contribution < 1.29 is 23.0 Å². The molecule has 2 amide bonds. The number of alkyl halides is 2. The molecule has 2 heterocycles. The second-order valence-electron chi connectivity index (χ2n) is 5.71. The lowest BCUT2D eigenvalue weighted by Crippen LogP contribution is -2.50. The molecule has 1 fully saturated rings. The van der Waals surface area contributed by atoms with Crippen LogP contribution in [0.25, 0.3) is 0 Å². The fraction of sp³-hybridized carbons (Fsp3) is 0.353. The Bertz CT molecular complexity index is 770. The van der Waals surface area contributed by atoms with Gasteiger partial charge in [0.25, 0.3) is 0 Å². The molecule has 0 unspecified atom stereocenters. The van der Waals surface area contributed by atoms with Crippen molar-refractivity contribution in [2.45, 2.75) is 6.61 Å². The zero-order chi connectivity index (χ0) is 19.2. The zero-order valence-electron chi connectivity index (χ0n) is 14.6. The summed E-state index contributed by atoms with van der Waals surface area (Å²) in [4.78, 5) is 24.4. The van der Waals surface area contributed by atoms with E-state index in [2.05, 4.69) is 20.0 Å². The number of anilines is 2. The summed E-state index contributed by atoms with van der Waals surface area (Å²) in [6, 6.07) is 4.00. The number of methoxy groups -OCH3 is 1. The topological polar surface area (TPSA) is 79.8 Å². The molecule has 1 aliphatic rings. The number of urea groups is 1. The largest absolute Gasteiger partial charge is 0.493 e. The molecule has 27 heavy (non-hydrogen) atoms. The zero-order valence-corrected chi connectivity index (χ0v) is 14.6. The number of hydrogen-bond acceptors (Lipinski definition) is 6. The van der Waals surface area contributed by atoms with E-state index in [1.165, 1.54) is 19.2 Å². The van der Waals surface area contributed by atoms with Gasteiger partial charge in [0.2, 0.25) is 0 Å². The number of nitrogens with one attached hydrogen (secondary N) is 1. The highest BCUT2D eigenvalue weighted by Gasteiger charge is 2.22. The number of amides is 2. The predicted octanol–water partition coefficient (Wildman–Crippen LogP) is 2.44. The highest BCUT2D eigenvalue weighted by atomic mass is 19.3. The van der Waals surface area contributed by atoms with E-state index in [1.54, 1.807) is 29.6 Å². The van der Waals surface area contributed by atoms with Crippen LogP contribution < -0.4 is 19.7 Å². The number of ether oxygens (including phenoxy) is 2. The number of nitrogens with zero attached hydrogens (tertiary/aromatic N) is 4. The van der Waals surface area contributed by atoms with Crippen molar-refractivity contribution in [2.24, 2.45) is 0 Å². The first-order chi connectivity index (χ1) is 13.1. The van der Waals surface area contributed by atoms with Gasteiger partial charge in [0.1, 0.15) is 5.82 Å². The van der Waals surface area contributed by atoms with Crippen LogP contribution >= 0.6 is 0 Å². The number of piperazine rings is 1. The summed E-state index contributed by atoms with van der Waals surface area (Å²) >= 11 is 0. The fourth-order valence-corrected chi connectivity index (χ4v) is 2.74. The summed E-state index contributed by atoms with van der Waals surface area (Å²) < 4.78 is 34.4. The van der Waals surface area contributed by atoms with Crippen molar-refractivity contribution in [1.82, 2.24) is 14.9 Å². The van der Waals surface area contributed by atoms with Crippen LogP contribution in [-0.4, -0.2) is 60.8 Å². The molecule has 1 saturated heterocycles. The molecule has 0 spiro atoms. The molecule has 144 valence electrons.